The number of rotatable bonds is 4. The molecular weight excluding hydrogens is 174 g/mol. The monoisotopic (exact) mass is 197 g/mol. The minimum Gasteiger partial charge on any atom is -0.378 e. The fourth-order valence-electron chi connectivity index (χ4n) is 2.80. The van der Waals surface area contributed by atoms with Crippen molar-refractivity contribution in [2.24, 2.45) is 5.41 Å². The predicted octanol–water partition coefficient (Wildman–Crippen LogP) is 2.33. The molecule has 0 aromatic heterocycles. The van der Waals surface area contributed by atoms with E-state index >= 15 is 0 Å². The van der Waals surface area contributed by atoms with E-state index in [4.69, 9.17) is 4.74 Å². The van der Waals surface area contributed by atoms with Gasteiger partial charge < -0.3 is 10.1 Å². The van der Waals surface area contributed by atoms with E-state index in [1.807, 2.05) is 7.11 Å². The average Bonchev–Trinajstić information content (AvgIpc) is 1.89. The number of nitrogens with one attached hydrogen (secondary N) is 1. The average molecular weight is 197 g/mol. The third-order valence-electron chi connectivity index (χ3n) is 3.79. The first kappa shape index (κ1) is 10.4. The van der Waals surface area contributed by atoms with Crippen molar-refractivity contribution in [1.82, 2.24) is 5.32 Å². The molecule has 0 radical (unpaired) electrons. The summed E-state index contributed by atoms with van der Waals surface area (Å²) in [7, 11) is 1.85. The molecule has 14 heavy (non-hydrogen) atoms. The molecule has 3 fully saturated rings. The Morgan fingerprint density at radius 1 is 1.21 bits per heavy atom. The summed E-state index contributed by atoms with van der Waals surface area (Å²) in [5.74, 6) is 0. The van der Waals surface area contributed by atoms with E-state index < -0.39 is 0 Å². The van der Waals surface area contributed by atoms with Gasteiger partial charge in [-0.3, -0.25) is 0 Å². The smallest absolute Gasteiger partial charge is 0.0731 e. The molecule has 0 saturated heterocycles. The maximum absolute atomic E-state index is 5.47. The molecule has 0 unspecified atom stereocenters. The zero-order valence-electron chi connectivity index (χ0n) is 9.94. The molecule has 2 bridgehead atoms. The molecule has 2 nitrogen and oxygen atoms in total. The molecule has 0 atom stereocenters. The highest BCUT2D eigenvalue weighted by molar-refractivity contribution is 5.25. The van der Waals surface area contributed by atoms with Crippen LogP contribution in [0.4, 0.5) is 0 Å². The molecule has 0 spiro atoms. The molecule has 0 aromatic rings. The van der Waals surface area contributed by atoms with Gasteiger partial charge in [-0.2, -0.15) is 0 Å². The largest absolute Gasteiger partial charge is 0.378 e. The Hall–Kier alpha value is -0.0800. The lowest BCUT2D eigenvalue weighted by Crippen LogP contribution is -2.78. The second kappa shape index (κ2) is 2.96. The number of hydrogen-bond donors (Lipinski definition) is 1. The van der Waals surface area contributed by atoms with Gasteiger partial charge in [-0.15, -0.1) is 0 Å². The van der Waals surface area contributed by atoms with Crippen molar-refractivity contribution in [1.29, 1.82) is 0 Å². The maximum Gasteiger partial charge on any atom is 0.0731 e. The summed E-state index contributed by atoms with van der Waals surface area (Å²) in [4.78, 5) is 0. The summed E-state index contributed by atoms with van der Waals surface area (Å²) in [6.45, 7) is 8.05. The van der Waals surface area contributed by atoms with E-state index in [0.29, 0.717) is 11.0 Å². The summed E-state index contributed by atoms with van der Waals surface area (Å²) in [6, 6.07) is 0. The minimum absolute atomic E-state index is 0.286. The Kier molecular flexibility index (Phi) is 2.20. The van der Waals surface area contributed by atoms with Gasteiger partial charge in [0.05, 0.1) is 5.60 Å². The number of ether oxygens (including phenoxy) is 1. The topological polar surface area (TPSA) is 21.3 Å². The van der Waals surface area contributed by atoms with Crippen LogP contribution in [0, 0.1) is 5.41 Å². The Morgan fingerprint density at radius 2 is 1.79 bits per heavy atom. The molecule has 0 aliphatic heterocycles. The van der Waals surface area contributed by atoms with Crippen LogP contribution in [0.25, 0.3) is 0 Å². The summed E-state index contributed by atoms with van der Waals surface area (Å²) in [6.07, 6.45) is 4.97. The third kappa shape index (κ3) is 1.70. The van der Waals surface area contributed by atoms with E-state index in [9.17, 15) is 0 Å². The summed E-state index contributed by atoms with van der Waals surface area (Å²) >= 11 is 0. The van der Waals surface area contributed by atoms with Crippen LogP contribution in [0.5, 0.6) is 0 Å². The lowest BCUT2D eigenvalue weighted by atomic mass is 9.46. The van der Waals surface area contributed by atoms with Crippen molar-refractivity contribution in [2.75, 3.05) is 13.7 Å². The fraction of sp³-hybridized carbons (Fsp3) is 1.00. The first-order valence-corrected chi connectivity index (χ1v) is 5.69. The van der Waals surface area contributed by atoms with Crippen LogP contribution in [-0.2, 0) is 4.74 Å². The molecule has 2 heteroatoms. The summed E-state index contributed by atoms with van der Waals surface area (Å²) < 4.78 is 5.47. The number of hydrogen-bond acceptors (Lipinski definition) is 2. The highest BCUT2D eigenvalue weighted by Gasteiger charge is 2.68. The molecule has 82 valence electrons. The van der Waals surface area contributed by atoms with E-state index in [-0.39, 0.29) is 5.60 Å². The lowest BCUT2D eigenvalue weighted by Gasteiger charge is -2.69. The Labute approximate surface area is 87.4 Å². The molecule has 3 rings (SSSR count). The van der Waals surface area contributed by atoms with Crippen LogP contribution in [0.1, 0.15) is 46.5 Å². The molecule has 3 saturated carbocycles. The van der Waals surface area contributed by atoms with Crippen LogP contribution >= 0.6 is 0 Å². The Balaban J connectivity index is 1.66. The van der Waals surface area contributed by atoms with Gasteiger partial charge in [0.2, 0.25) is 0 Å². The highest BCUT2D eigenvalue weighted by Crippen LogP contribution is 2.62. The van der Waals surface area contributed by atoms with Crippen molar-refractivity contribution in [3.05, 3.63) is 0 Å². The quantitative estimate of drug-likeness (QED) is 0.747. The highest BCUT2D eigenvalue weighted by atomic mass is 16.5. The van der Waals surface area contributed by atoms with Crippen LogP contribution in [0.15, 0.2) is 0 Å². The van der Waals surface area contributed by atoms with Crippen molar-refractivity contribution in [3.8, 4) is 0 Å². The Morgan fingerprint density at radius 3 is 2.21 bits per heavy atom. The Bertz CT molecular complexity index is 209. The predicted molar refractivity (Wildman–Crippen MR) is 58.4 cm³/mol. The second-order valence-electron chi connectivity index (χ2n) is 6.44. The SMILES string of the molecule is COC12CC(NCCC(C)(C)C)(C1)C2. The zero-order valence-corrected chi connectivity index (χ0v) is 9.94. The van der Waals surface area contributed by atoms with Gasteiger partial charge in [0.1, 0.15) is 0 Å². The normalized spacial score (nSPS) is 40.3. The number of methoxy groups -OCH3 is 1. The molecule has 0 heterocycles. The maximum atomic E-state index is 5.47. The molecule has 3 aliphatic carbocycles. The molecule has 0 aromatic carbocycles. The van der Waals surface area contributed by atoms with Gasteiger partial charge in [-0.05, 0) is 37.6 Å². The first-order valence-electron chi connectivity index (χ1n) is 5.69. The van der Waals surface area contributed by atoms with Gasteiger partial charge in [0.25, 0.3) is 0 Å². The van der Waals surface area contributed by atoms with Crippen molar-refractivity contribution in [3.63, 3.8) is 0 Å². The zero-order chi connectivity index (χ0) is 10.4. The van der Waals surface area contributed by atoms with E-state index in [1.54, 1.807) is 0 Å². The van der Waals surface area contributed by atoms with E-state index in [2.05, 4.69) is 26.1 Å². The van der Waals surface area contributed by atoms with Gasteiger partial charge in [0.15, 0.2) is 0 Å². The lowest BCUT2D eigenvalue weighted by molar-refractivity contribution is -0.238. The second-order valence-corrected chi connectivity index (χ2v) is 6.44. The first-order chi connectivity index (χ1) is 6.39. The summed E-state index contributed by atoms with van der Waals surface area (Å²) in [5, 5.41) is 3.70. The van der Waals surface area contributed by atoms with Gasteiger partial charge in [-0.25, -0.2) is 0 Å². The van der Waals surface area contributed by atoms with Crippen molar-refractivity contribution in [2.45, 2.75) is 57.6 Å². The molecular formula is C12H23NO. The van der Waals surface area contributed by atoms with Gasteiger partial charge in [-0.1, -0.05) is 20.8 Å². The third-order valence-corrected chi connectivity index (χ3v) is 3.79. The van der Waals surface area contributed by atoms with Crippen molar-refractivity contribution >= 4 is 0 Å². The van der Waals surface area contributed by atoms with E-state index in [0.717, 1.165) is 6.54 Å². The fourth-order valence-corrected chi connectivity index (χ4v) is 2.80. The van der Waals surface area contributed by atoms with Crippen LogP contribution < -0.4 is 5.32 Å². The van der Waals surface area contributed by atoms with Crippen LogP contribution in [0.3, 0.4) is 0 Å². The van der Waals surface area contributed by atoms with Crippen LogP contribution in [0.2, 0.25) is 0 Å². The molecule has 1 N–H and O–H groups in total. The van der Waals surface area contributed by atoms with Crippen LogP contribution in [-0.4, -0.2) is 24.8 Å². The molecule has 3 aliphatic rings. The van der Waals surface area contributed by atoms with Gasteiger partial charge >= 0.3 is 0 Å². The minimum atomic E-state index is 0.286. The molecule has 0 amide bonds. The van der Waals surface area contributed by atoms with Gasteiger partial charge in [0, 0.05) is 12.6 Å². The van der Waals surface area contributed by atoms with Crippen molar-refractivity contribution < 1.29 is 4.74 Å². The van der Waals surface area contributed by atoms with E-state index in [1.165, 1.54) is 25.7 Å². The standard InChI is InChI=1S/C12H23NO/c1-10(2,3)5-6-13-11-7-12(8-11,9-11)14-4/h13H,5-9H2,1-4H3. The summed E-state index contributed by atoms with van der Waals surface area (Å²) in [5.41, 5.74) is 1.21.